The van der Waals surface area contributed by atoms with Crippen LogP contribution in [0.4, 0.5) is 22.6 Å². The van der Waals surface area contributed by atoms with Crippen molar-refractivity contribution in [1.82, 2.24) is 0 Å². The van der Waals surface area contributed by atoms with Crippen LogP contribution in [0.15, 0.2) is 24.3 Å². The molecule has 2 aromatic rings. The van der Waals surface area contributed by atoms with Gasteiger partial charge in [-0.3, -0.25) is 4.79 Å². The number of aryl methyl sites for hydroxylation is 1. The van der Waals surface area contributed by atoms with Crippen molar-refractivity contribution in [3.8, 4) is 11.1 Å². The van der Waals surface area contributed by atoms with Crippen LogP contribution < -0.4 is 5.32 Å². The van der Waals surface area contributed by atoms with Gasteiger partial charge in [-0.2, -0.15) is 13.2 Å². The number of carbonyl (C=O) groups is 2. The summed E-state index contributed by atoms with van der Waals surface area (Å²) in [4.78, 5) is 24.0. The number of thiophene rings is 1. The molecule has 0 aliphatic rings. The summed E-state index contributed by atoms with van der Waals surface area (Å²) in [6.07, 6.45) is -5.10. The Labute approximate surface area is 144 Å². The molecule has 1 amide bonds. The van der Waals surface area contributed by atoms with E-state index >= 15 is 0 Å². The first-order chi connectivity index (χ1) is 11.6. The smallest absolute Gasteiger partial charge is 0.462 e. The van der Waals surface area contributed by atoms with Gasteiger partial charge in [-0.25, -0.2) is 9.18 Å². The molecule has 0 bridgehead atoms. The summed E-state index contributed by atoms with van der Waals surface area (Å²) in [5.41, 5.74) is 0.528. The third kappa shape index (κ3) is 4.16. The van der Waals surface area contributed by atoms with Crippen molar-refractivity contribution in [2.24, 2.45) is 0 Å². The average Bonchev–Trinajstić information content (AvgIpc) is 2.83. The highest BCUT2D eigenvalue weighted by Gasteiger charge is 2.40. The number of anilines is 1. The molecule has 0 saturated heterocycles. The molecular weight excluding hydrogens is 362 g/mol. The Morgan fingerprint density at radius 1 is 1.20 bits per heavy atom. The van der Waals surface area contributed by atoms with Crippen LogP contribution in [0.2, 0.25) is 0 Å². The van der Waals surface area contributed by atoms with Gasteiger partial charge in [-0.1, -0.05) is 12.1 Å². The molecule has 2 rings (SSSR count). The second-order valence-corrected chi connectivity index (χ2v) is 6.14. The van der Waals surface area contributed by atoms with Crippen LogP contribution in [0, 0.1) is 12.7 Å². The topological polar surface area (TPSA) is 55.4 Å². The maximum Gasteiger partial charge on any atom is 0.471 e. The highest BCUT2D eigenvalue weighted by molar-refractivity contribution is 7.17. The Morgan fingerprint density at radius 2 is 1.80 bits per heavy atom. The molecule has 1 aromatic heterocycles. The van der Waals surface area contributed by atoms with E-state index in [4.69, 9.17) is 4.74 Å². The zero-order valence-corrected chi connectivity index (χ0v) is 14.0. The van der Waals surface area contributed by atoms with Gasteiger partial charge in [0.15, 0.2) is 0 Å². The van der Waals surface area contributed by atoms with Crippen LogP contribution in [0.5, 0.6) is 0 Å². The number of carbonyl (C=O) groups excluding carboxylic acids is 2. The Morgan fingerprint density at radius 3 is 2.32 bits per heavy atom. The molecule has 0 atom stereocenters. The number of rotatable bonds is 4. The van der Waals surface area contributed by atoms with E-state index in [0.717, 1.165) is 23.5 Å². The van der Waals surface area contributed by atoms with Gasteiger partial charge in [0, 0.05) is 10.4 Å². The molecule has 134 valence electrons. The van der Waals surface area contributed by atoms with Crippen LogP contribution in [0.1, 0.15) is 22.2 Å². The van der Waals surface area contributed by atoms with E-state index < -0.39 is 23.9 Å². The summed E-state index contributed by atoms with van der Waals surface area (Å²) >= 11 is 0.812. The fourth-order valence-corrected chi connectivity index (χ4v) is 3.23. The van der Waals surface area contributed by atoms with Crippen molar-refractivity contribution < 1.29 is 31.9 Å². The minimum absolute atomic E-state index is 0.00322. The summed E-state index contributed by atoms with van der Waals surface area (Å²) in [7, 11) is 0. The number of hydrogen-bond donors (Lipinski definition) is 1. The van der Waals surface area contributed by atoms with Gasteiger partial charge in [0.05, 0.1) is 6.61 Å². The molecule has 1 heterocycles. The number of nitrogens with one attached hydrogen (secondary N) is 1. The van der Waals surface area contributed by atoms with E-state index in [1.807, 2.05) is 0 Å². The van der Waals surface area contributed by atoms with Gasteiger partial charge in [-0.05, 0) is 31.5 Å². The summed E-state index contributed by atoms with van der Waals surface area (Å²) in [6.45, 7) is 3.13. The van der Waals surface area contributed by atoms with Crippen molar-refractivity contribution in [1.29, 1.82) is 0 Å². The molecule has 0 radical (unpaired) electrons. The molecule has 0 spiro atoms. The van der Waals surface area contributed by atoms with Crippen LogP contribution in [-0.2, 0) is 9.53 Å². The van der Waals surface area contributed by atoms with Gasteiger partial charge >= 0.3 is 18.1 Å². The quantitative estimate of drug-likeness (QED) is 0.631. The average molecular weight is 375 g/mol. The molecule has 0 fully saturated rings. The third-order valence-electron chi connectivity index (χ3n) is 3.18. The van der Waals surface area contributed by atoms with Crippen molar-refractivity contribution in [3.05, 3.63) is 40.5 Å². The number of esters is 1. The maximum absolute atomic E-state index is 13.1. The molecule has 9 heteroatoms. The molecular formula is C16H13F4NO3S. The lowest BCUT2D eigenvalue weighted by atomic mass is 10.0. The van der Waals surface area contributed by atoms with E-state index in [1.165, 1.54) is 12.1 Å². The third-order valence-corrected chi connectivity index (χ3v) is 4.20. The zero-order chi connectivity index (χ0) is 18.8. The highest BCUT2D eigenvalue weighted by atomic mass is 32.1. The van der Waals surface area contributed by atoms with E-state index in [1.54, 1.807) is 19.2 Å². The predicted octanol–water partition coefficient (Wildman–Crippen LogP) is 4.54. The molecule has 25 heavy (non-hydrogen) atoms. The Kier molecular flexibility index (Phi) is 5.46. The number of ether oxygens (including phenoxy) is 1. The van der Waals surface area contributed by atoms with E-state index in [0.29, 0.717) is 16.0 Å². The molecule has 0 aliphatic carbocycles. The Hall–Kier alpha value is -2.42. The lowest BCUT2D eigenvalue weighted by Crippen LogP contribution is -2.30. The van der Waals surface area contributed by atoms with Crippen molar-refractivity contribution in [3.63, 3.8) is 0 Å². The summed E-state index contributed by atoms with van der Waals surface area (Å²) in [6, 6.07) is 5.11. The normalized spacial score (nSPS) is 11.3. The fraction of sp³-hybridized carbons (Fsp3) is 0.250. The first-order valence-corrected chi connectivity index (χ1v) is 7.91. The Bertz CT molecular complexity index is 797. The molecule has 0 unspecified atom stereocenters. The molecule has 1 aromatic carbocycles. The monoisotopic (exact) mass is 375 g/mol. The fourth-order valence-electron chi connectivity index (χ4n) is 2.17. The van der Waals surface area contributed by atoms with Gasteiger partial charge in [0.2, 0.25) is 0 Å². The lowest BCUT2D eigenvalue weighted by Gasteiger charge is -2.10. The second-order valence-electron chi connectivity index (χ2n) is 4.92. The maximum atomic E-state index is 13.1. The summed E-state index contributed by atoms with van der Waals surface area (Å²) in [5, 5.41) is 1.45. The van der Waals surface area contributed by atoms with Crippen LogP contribution >= 0.6 is 11.3 Å². The van der Waals surface area contributed by atoms with E-state index in [2.05, 4.69) is 0 Å². The first-order valence-electron chi connectivity index (χ1n) is 7.09. The molecule has 0 aliphatic heterocycles. The van der Waals surface area contributed by atoms with Gasteiger partial charge in [-0.15, -0.1) is 11.3 Å². The predicted molar refractivity (Wildman–Crippen MR) is 85.1 cm³/mol. The van der Waals surface area contributed by atoms with Crippen LogP contribution in [0.25, 0.3) is 11.1 Å². The summed E-state index contributed by atoms with van der Waals surface area (Å²) < 4.78 is 55.6. The van der Waals surface area contributed by atoms with Crippen LogP contribution in [-0.4, -0.2) is 24.7 Å². The van der Waals surface area contributed by atoms with Gasteiger partial charge in [0.1, 0.15) is 16.4 Å². The van der Waals surface area contributed by atoms with E-state index in [9.17, 15) is 27.2 Å². The van der Waals surface area contributed by atoms with Gasteiger partial charge in [0.25, 0.3) is 0 Å². The Balaban J connectivity index is 2.57. The molecule has 1 N–H and O–H groups in total. The number of halogens is 4. The zero-order valence-electron chi connectivity index (χ0n) is 13.2. The number of hydrogen-bond acceptors (Lipinski definition) is 4. The minimum Gasteiger partial charge on any atom is -0.462 e. The number of benzene rings is 1. The number of amides is 1. The highest BCUT2D eigenvalue weighted by Crippen LogP contribution is 2.41. The largest absolute Gasteiger partial charge is 0.471 e. The minimum atomic E-state index is -5.10. The van der Waals surface area contributed by atoms with Crippen molar-refractivity contribution in [2.45, 2.75) is 20.0 Å². The van der Waals surface area contributed by atoms with Crippen molar-refractivity contribution >= 4 is 28.2 Å². The SMILES string of the molecule is CCOC(=O)c1c(NC(=O)C(F)(F)F)sc(C)c1-c1ccc(F)cc1. The second kappa shape index (κ2) is 7.22. The van der Waals surface area contributed by atoms with Crippen molar-refractivity contribution in [2.75, 3.05) is 11.9 Å². The van der Waals surface area contributed by atoms with Crippen LogP contribution in [0.3, 0.4) is 0 Å². The first kappa shape index (κ1) is 18.9. The van der Waals surface area contributed by atoms with Gasteiger partial charge < -0.3 is 10.1 Å². The molecule has 4 nitrogen and oxygen atoms in total. The molecule has 0 saturated carbocycles. The number of alkyl halides is 3. The lowest BCUT2D eigenvalue weighted by molar-refractivity contribution is -0.167. The van der Waals surface area contributed by atoms with E-state index in [-0.39, 0.29) is 17.2 Å². The standard InChI is InChI=1S/C16H13F4NO3S/c1-3-24-14(22)12-11(9-4-6-10(17)7-5-9)8(2)25-13(12)21-15(23)16(18,19)20/h4-7H,3H2,1-2H3,(H,21,23). The summed E-state index contributed by atoms with van der Waals surface area (Å²) in [5.74, 6) is -3.56.